The Hall–Kier alpha value is -2.91. The lowest BCUT2D eigenvalue weighted by Gasteiger charge is -2.19. The van der Waals surface area contributed by atoms with E-state index in [0.717, 1.165) is 36.8 Å². The molecule has 1 aromatic heterocycles. The van der Waals surface area contributed by atoms with Crippen LogP contribution in [-0.2, 0) is 29.9 Å². The van der Waals surface area contributed by atoms with Gasteiger partial charge in [0.2, 0.25) is 0 Å². The van der Waals surface area contributed by atoms with Crippen LogP contribution in [-0.4, -0.2) is 42.9 Å². The van der Waals surface area contributed by atoms with Crippen molar-refractivity contribution in [1.29, 1.82) is 0 Å². The van der Waals surface area contributed by atoms with Gasteiger partial charge in [-0.2, -0.15) is 0 Å². The van der Waals surface area contributed by atoms with Crippen molar-refractivity contribution in [3.8, 4) is 11.3 Å². The molecule has 0 bridgehead atoms. The quantitative estimate of drug-likeness (QED) is 0.216. The summed E-state index contributed by atoms with van der Waals surface area (Å²) >= 11 is 0. The Labute approximate surface area is 228 Å². The first-order valence-corrected chi connectivity index (χ1v) is 16.4. The van der Waals surface area contributed by atoms with Gasteiger partial charge < -0.3 is 14.8 Å². The van der Waals surface area contributed by atoms with Gasteiger partial charge in [0.05, 0.1) is 30.0 Å². The molecule has 2 N–H and O–H groups in total. The van der Waals surface area contributed by atoms with E-state index in [1.807, 2.05) is 31.2 Å². The van der Waals surface area contributed by atoms with E-state index >= 15 is 0 Å². The van der Waals surface area contributed by atoms with Gasteiger partial charge in [-0.25, -0.2) is 18.4 Å². The zero-order valence-electron chi connectivity index (χ0n) is 21.8. The van der Waals surface area contributed by atoms with Crippen LogP contribution in [0.3, 0.4) is 0 Å². The largest absolute Gasteiger partial charge is 0.382 e. The zero-order chi connectivity index (χ0) is 27.6. The number of hydrogen-bond acceptors (Lipinski definition) is 9. The Morgan fingerprint density at radius 2 is 1.56 bits per heavy atom. The average molecular weight is 570 g/mol. The molecule has 206 valence electrons. The van der Waals surface area contributed by atoms with Gasteiger partial charge in [-0.05, 0) is 62.1 Å². The third-order valence-electron chi connectivity index (χ3n) is 6.80. The van der Waals surface area contributed by atoms with Crippen LogP contribution >= 0.6 is 7.60 Å². The topological polar surface area (TPSA) is 139 Å². The summed E-state index contributed by atoms with van der Waals surface area (Å²) in [6.07, 6.45) is 5.44. The molecule has 0 aliphatic heterocycles. The Bertz CT molecular complexity index is 1480. The Kier molecular flexibility index (Phi) is 8.01. The maximum Gasteiger partial charge on any atom is 0.346 e. The normalized spacial score (nSPS) is 15.8. The van der Waals surface area contributed by atoms with Gasteiger partial charge in [-0.3, -0.25) is 9.36 Å². The summed E-state index contributed by atoms with van der Waals surface area (Å²) in [6, 6.07) is 13.6. The highest BCUT2D eigenvalue weighted by Crippen LogP contribution is 2.53. The maximum absolute atomic E-state index is 13.3. The maximum atomic E-state index is 13.3. The van der Waals surface area contributed by atoms with Crippen LogP contribution < -0.4 is 5.73 Å². The summed E-state index contributed by atoms with van der Waals surface area (Å²) in [5.41, 5.74) is 8.34. The number of anilines is 1. The summed E-state index contributed by atoms with van der Waals surface area (Å²) < 4.78 is 50.7. The Morgan fingerprint density at radius 3 is 2.13 bits per heavy atom. The fourth-order valence-corrected chi connectivity index (χ4v) is 8.31. The second-order valence-corrected chi connectivity index (χ2v) is 14.9. The number of nitrogens with two attached hydrogens (primary N) is 1. The Balaban J connectivity index is 1.27. The molecule has 0 saturated heterocycles. The summed E-state index contributed by atoms with van der Waals surface area (Å²) in [6.45, 7) is 2.47. The second kappa shape index (κ2) is 11.3. The van der Waals surface area contributed by atoms with E-state index < -0.39 is 22.9 Å². The molecule has 2 aliphatic rings. The van der Waals surface area contributed by atoms with Crippen molar-refractivity contribution in [2.75, 3.05) is 24.4 Å². The minimum atomic E-state index is -3.96. The molecule has 0 radical (unpaired) electrons. The van der Waals surface area contributed by atoms with Crippen molar-refractivity contribution in [2.45, 2.75) is 43.9 Å². The molecule has 2 aromatic carbocycles. The first-order valence-electron chi connectivity index (χ1n) is 13.0. The number of benzene rings is 2. The molecule has 9 nitrogen and oxygen atoms in total. The number of hydrogen-bond donors (Lipinski definition) is 1. The minimum absolute atomic E-state index is 0.00959. The van der Waals surface area contributed by atoms with Crippen molar-refractivity contribution in [3.05, 3.63) is 71.5 Å². The summed E-state index contributed by atoms with van der Waals surface area (Å²) in [4.78, 5) is 21.6. The fourth-order valence-electron chi connectivity index (χ4n) is 3.95. The van der Waals surface area contributed by atoms with Crippen molar-refractivity contribution >= 4 is 29.0 Å². The van der Waals surface area contributed by atoms with Gasteiger partial charge in [0.25, 0.3) is 0 Å². The third kappa shape index (κ3) is 7.39. The predicted molar refractivity (Wildman–Crippen MR) is 148 cm³/mol. The number of aromatic nitrogens is 2. The van der Waals surface area contributed by atoms with Crippen LogP contribution in [0.5, 0.6) is 0 Å². The molecular weight excluding hydrogens is 537 g/mol. The molecule has 0 atom stereocenters. The van der Waals surface area contributed by atoms with Crippen LogP contribution in [0.25, 0.3) is 11.3 Å². The molecule has 0 amide bonds. The van der Waals surface area contributed by atoms with E-state index in [-0.39, 0.29) is 41.8 Å². The molecule has 39 heavy (non-hydrogen) atoms. The number of sulfone groups is 1. The average Bonchev–Trinajstić information content (AvgIpc) is 3.83. The minimum Gasteiger partial charge on any atom is -0.382 e. The number of carbonyl (C=O) groups is 1. The van der Waals surface area contributed by atoms with Crippen molar-refractivity contribution in [2.24, 2.45) is 11.8 Å². The molecule has 3 aromatic rings. The van der Waals surface area contributed by atoms with Crippen molar-refractivity contribution in [3.63, 3.8) is 0 Å². The highest BCUT2D eigenvalue weighted by molar-refractivity contribution is 7.97. The Morgan fingerprint density at radius 1 is 0.974 bits per heavy atom. The summed E-state index contributed by atoms with van der Waals surface area (Å²) in [7, 11) is -7.78. The first kappa shape index (κ1) is 27.6. The van der Waals surface area contributed by atoms with Crippen molar-refractivity contribution < 1.29 is 26.8 Å². The van der Waals surface area contributed by atoms with Crippen LogP contribution in [0.15, 0.2) is 59.6 Å². The van der Waals surface area contributed by atoms with Gasteiger partial charge in [0.15, 0.2) is 26.9 Å². The summed E-state index contributed by atoms with van der Waals surface area (Å²) in [5, 5.41) is 0. The molecular formula is C28H32N3O6PS. The second-order valence-electron chi connectivity index (χ2n) is 10.4. The highest BCUT2D eigenvalue weighted by atomic mass is 32.2. The molecule has 2 aliphatic carbocycles. The number of ketones is 1. The number of Topliss-reactive ketones (excluding diaryl/α,β-unsaturated/α-hetero) is 1. The van der Waals surface area contributed by atoms with E-state index in [4.69, 9.17) is 14.8 Å². The SMILES string of the molecule is Cc1ccc(-c2cnc(N)c(C(=O)Cc3ccc(S(=O)(=O)CP(=O)(OCC4CC4)OCC4CC4)cc3)n2)cc1. The van der Waals surface area contributed by atoms with Gasteiger partial charge in [-0.1, -0.05) is 42.0 Å². The van der Waals surface area contributed by atoms with Crippen LogP contribution in [0.1, 0.15) is 47.3 Å². The molecule has 1 heterocycles. The lowest BCUT2D eigenvalue weighted by molar-refractivity contribution is 0.0989. The molecule has 2 fully saturated rings. The number of nitrogen functional groups attached to an aromatic ring is 1. The third-order valence-corrected chi connectivity index (χ3v) is 11.5. The van der Waals surface area contributed by atoms with E-state index in [2.05, 4.69) is 9.97 Å². The zero-order valence-corrected chi connectivity index (χ0v) is 23.5. The van der Waals surface area contributed by atoms with Crippen LogP contribution in [0.4, 0.5) is 5.82 Å². The molecule has 11 heteroatoms. The van der Waals surface area contributed by atoms with Gasteiger partial charge in [0, 0.05) is 12.0 Å². The van der Waals surface area contributed by atoms with Gasteiger partial charge in [-0.15, -0.1) is 0 Å². The van der Waals surface area contributed by atoms with Gasteiger partial charge in [0.1, 0.15) is 5.69 Å². The smallest absolute Gasteiger partial charge is 0.346 e. The van der Waals surface area contributed by atoms with Gasteiger partial charge >= 0.3 is 7.60 Å². The highest BCUT2D eigenvalue weighted by Gasteiger charge is 2.37. The number of aryl methyl sites for hydroxylation is 1. The first-order chi connectivity index (χ1) is 18.6. The monoisotopic (exact) mass is 569 g/mol. The van der Waals surface area contributed by atoms with E-state index in [1.54, 1.807) is 12.1 Å². The van der Waals surface area contributed by atoms with E-state index in [1.165, 1.54) is 18.3 Å². The van der Waals surface area contributed by atoms with E-state index in [0.29, 0.717) is 23.1 Å². The molecule has 2 saturated carbocycles. The summed E-state index contributed by atoms with van der Waals surface area (Å²) in [5.74, 6) is 0.330. The standard InChI is InChI=1S/C28H32N3O6PS/c1-19-2-10-23(11-3-19)25-15-30-28(29)27(31-25)26(32)14-20-8-12-24(13-9-20)39(34,35)18-38(33,36-16-21-4-5-21)37-17-22-6-7-22/h2-3,8-13,15,21-22H,4-7,14,16-18H2,1H3,(H2,29,30). The van der Waals surface area contributed by atoms with Crippen LogP contribution in [0.2, 0.25) is 0 Å². The number of rotatable bonds is 13. The van der Waals surface area contributed by atoms with Crippen molar-refractivity contribution in [1.82, 2.24) is 9.97 Å². The fraction of sp³-hybridized carbons (Fsp3) is 0.393. The molecule has 0 spiro atoms. The molecule has 5 rings (SSSR count). The number of carbonyl (C=O) groups excluding carboxylic acids is 1. The lowest BCUT2D eigenvalue weighted by atomic mass is 10.1. The van der Waals surface area contributed by atoms with Crippen LogP contribution in [0, 0.1) is 18.8 Å². The number of nitrogens with zero attached hydrogens (tertiary/aromatic N) is 2. The predicted octanol–water partition coefficient (Wildman–Crippen LogP) is 5.24. The molecule has 0 unspecified atom stereocenters. The lowest BCUT2D eigenvalue weighted by Crippen LogP contribution is -2.13. The van der Waals surface area contributed by atoms with E-state index in [9.17, 15) is 17.8 Å².